The second-order valence-corrected chi connectivity index (χ2v) is 11.3. The standard InChI is InChI=1S/C27H37F2N7O3/c1-16(2)36-15-27(28,29)24(38)35(3)20-14-32-25(34-22(20)36)31-9-5-6-17(7-11-39-4)23(37)33-19-12-26-8-10-30-13-18(26)21(19)26/h5-7,9,11,14,16,18-22,30H,8,10,12-13,15H2,1-4H3,(H,31,34)(H,33,37)/b9-5+,11-7+,17-6+/t18?,19-,20?,21?,22?,26?/m0/s1. The molecule has 5 unspecified atom stereocenters. The Morgan fingerprint density at radius 1 is 1.36 bits per heavy atom. The van der Waals surface area contributed by atoms with Crippen molar-refractivity contribution < 1.29 is 23.1 Å². The van der Waals surface area contributed by atoms with Gasteiger partial charge in [0.05, 0.1) is 19.9 Å². The minimum atomic E-state index is -3.51. The minimum Gasteiger partial charge on any atom is -0.504 e. The molecular weight excluding hydrogens is 508 g/mol. The number of aliphatic imine (C=N–C) groups is 2. The van der Waals surface area contributed by atoms with Gasteiger partial charge in [0.2, 0.25) is 5.96 Å². The third-order valence-corrected chi connectivity index (χ3v) is 8.81. The molecule has 3 N–H and O–H groups in total. The number of nitrogens with one attached hydrogen (secondary N) is 3. The van der Waals surface area contributed by atoms with E-state index in [9.17, 15) is 18.4 Å². The first-order chi connectivity index (χ1) is 18.6. The number of allylic oxidation sites excluding steroid dienone is 2. The van der Waals surface area contributed by atoms with Gasteiger partial charge in [0.1, 0.15) is 12.2 Å². The van der Waals surface area contributed by atoms with Crippen LogP contribution in [0.2, 0.25) is 0 Å². The lowest BCUT2D eigenvalue weighted by molar-refractivity contribution is -0.155. The molecule has 0 aromatic heterocycles. The van der Waals surface area contributed by atoms with Crippen molar-refractivity contribution in [2.75, 3.05) is 33.8 Å². The summed E-state index contributed by atoms with van der Waals surface area (Å²) in [4.78, 5) is 36.6. The number of guanidine groups is 1. The Morgan fingerprint density at radius 3 is 2.87 bits per heavy atom. The van der Waals surface area contributed by atoms with Gasteiger partial charge in [-0.2, -0.15) is 8.78 Å². The maximum Gasteiger partial charge on any atom is 0.337 e. The number of amides is 2. The smallest absolute Gasteiger partial charge is 0.337 e. The monoisotopic (exact) mass is 545 g/mol. The number of hydrogen-bond donors (Lipinski definition) is 3. The summed E-state index contributed by atoms with van der Waals surface area (Å²) in [5.74, 6) is -3.47. The van der Waals surface area contributed by atoms with E-state index in [2.05, 4.69) is 25.9 Å². The highest BCUT2D eigenvalue weighted by atomic mass is 19.3. The first-order valence-electron chi connectivity index (χ1n) is 13.5. The van der Waals surface area contributed by atoms with Crippen molar-refractivity contribution in [1.82, 2.24) is 25.8 Å². The summed E-state index contributed by atoms with van der Waals surface area (Å²) in [6.45, 7) is 4.96. The molecule has 10 nitrogen and oxygen atoms in total. The fourth-order valence-electron chi connectivity index (χ4n) is 6.71. The van der Waals surface area contributed by atoms with Crippen LogP contribution in [0.4, 0.5) is 8.78 Å². The van der Waals surface area contributed by atoms with Gasteiger partial charge in [0.15, 0.2) is 0 Å². The van der Waals surface area contributed by atoms with Crippen LogP contribution in [-0.4, -0.2) is 97.8 Å². The summed E-state index contributed by atoms with van der Waals surface area (Å²) in [5.41, 5.74) is 0.879. The average Bonchev–Trinajstić information content (AvgIpc) is 3.48. The molecule has 4 fully saturated rings. The van der Waals surface area contributed by atoms with Gasteiger partial charge in [-0.15, -0.1) is 0 Å². The Morgan fingerprint density at radius 2 is 2.15 bits per heavy atom. The number of halogens is 2. The third kappa shape index (κ3) is 5.00. The largest absolute Gasteiger partial charge is 0.504 e. The van der Waals surface area contributed by atoms with Gasteiger partial charge in [-0.25, -0.2) is 9.98 Å². The number of methoxy groups -OCH3 is 1. The van der Waals surface area contributed by atoms with Crippen LogP contribution < -0.4 is 16.0 Å². The van der Waals surface area contributed by atoms with Crippen LogP contribution in [0.5, 0.6) is 0 Å². The van der Waals surface area contributed by atoms with E-state index >= 15 is 0 Å². The number of likely N-dealkylation sites (N-methyl/N-ethyl adjacent to an activating group) is 1. The lowest BCUT2D eigenvalue weighted by atomic mass is 9.77. The molecule has 5 aliphatic rings. The molecular formula is C27H37F2N7O3. The van der Waals surface area contributed by atoms with Crippen molar-refractivity contribution in [2.45, 2.75) is 56.9 Å². The van der Waals surface area contributed by atoms with Gasteiger partial charge in [-0.05, 0) is 75.3 Å². The summed E-state index contributed by atoms with van der Waals surface area (Å²) < 4.78 is 34.1. The lowest BCUT2D eigenvalue weighted by Gasteiger charge is -2.36. The van der Waals surface area contributed by atoms with E-state index in [1.807, 2.05) is 0 Å². The zero-order valence-electron chi connectivity index (χ0n) is 22.7. The second kappa shape index (κ2) is 10.5. The summed E-state index contributed by atoms with van der Waals surface area (Å²) in [7, 11) is 2.86. The molecule has 0 aromatic rings. The fourth-order valence-corrected chi connectivity index (χ4v) is 6.71. The predicted octanol–water partition coefficient (Wildman–Crippen LogP) is 1.24. The Hall–Kier alpha value is -3.12. The van der Waals surface area contributed by atoms with Crippen molar-refractivity contribution >= 4 is 24.0 Å². The van der Waals surface area contributed by atoms with Crippen LogP contribution in [0.1, 0.15) is 26.7 Å². The SMILES string of the molecule is CO/C=C/C(=C\C=C\NC1=NC2C(C=N1)N(C)C(=O)C(F)(F)CN2C(C)C)C(=O)N[C@H]1CC23CCNCC2C13. The summed E-state index contributed by atoms with van der Waals surface area (Å²) >= 11 is 0. The van der Waals surface area contributed by atoms with Crippen molar-refractivity contribution in [3.8, 4) is 0 Å². The fraction of sp³-hybridized carbons (Fsp3) is 0.630. The zero-order valence-corrected chi connectivity index (χ0v) is 22.7. The molecule has 212 valence electrons. The van der Waals surface area contributed by atoms with Crippen LogP contribution >= 0.6 is 0 Å². The van der Waals surface area contributed by atoms with Crippen LogP contribution in [0.3, 0.4) is 0 Å². The number of carbonyl (C=O) groups is 2. The van der Waals surface area contributed by atoms with Crippen molar-refractivity contribution in [1.29, 1.82) is 0 Å². The zero-order chi connectivity index (χ0) is 27.9. The Labute approximate surface area is 227 Å². The molecule has 6 atom stereocenters. The quantitative estimate of drug-likeness (QED) is 0.252. The maximum absolute atomic E-state index is 14.5. The number of fused-ring (bicyclic) bond motifs is 2. The molecule has 1 spiro atoms. The number of piperidine rings is 1. The molecule has 2 amide bonds. The molecule has 0 bridgehead atoms. The highest BCUT2D eigenvalue weighted by Gasteiger charge is 2.75. The number of alkyl halides is 2. The van der Waals surface area contributed by atoms with Gasteiger partial charge in [-0.3, -0.25) is 14.5 Å². The van der Waals surface area contributed by atoms with E-state index < -0.39 is 30.6 Å². The second-order valence-electron chi connectivity index (χ2n) is 11.3. The number of rotatable bonds is 7. The minimum absolute atomic E-state index is 0.167. The Bertz CT molecular complexity index is 1150. The molecule has 5 rings (SSSR count). The molecule has 39 heavy (non-hydrogen) atoms. The highest BCUT2D eigenvalue weighted by molar-refractivity contribution is 5.97. The number of nitrogens with zero attached hydrogens (tertiary/aromatic N) is 4. The molecule has 2 saturated carbocycles. The van der Waals surface area contributed by atoms with Crippen molar-refractivity contribution in [3.05, 3.63) is 36.3 Å². The van der Waals surface area contributed by atoms with Crippen molar-refractivity contribution in [2.24, 2.45) is 27.2 Å². The van der Waals surface area contributed by atoms with E-state index in [-0.39, 0.29) is 24.0 Å². The van der Waals surface area contributed by atoms with Crippen molar-refractivity contribution in [3.63, 3.8) is 0 Å². The molecule has 12 heteroatoms. The summed E-state index contributed by atoms with van der Waals surface area (Å²) in [6.07, 6.45) is 10.9. The van der Waals surface area contributed by atoms with Crippen LogP contribution in [0, 0.1) is 17.3 Å². The lowest BCUT2D eigenvalue weighted by Crippen LogP contribution is -2.53. The summed E-state index contributed by atoms with van der Waals surface area (Å²) in [6, 6.07) is -0.787. The summed E-state index contributed by atoms with van der Waals surface area (Å²) in [5, 5.41) is 9.59. The average molecular weight is 546 g/mol. The number of ether oxygens (including phenoxy) is 1. The van der Waals surface area contributed by atoms with Gasteiger partial charge in [0, 0.05) is 37.1 Å². The molecule has 2 aliphatic carbocycles. The predicted molar refractivity (Wildman–Crippen MR) is 143 cm³/mol. The topological polar surface area (TPSA) is 111 Å². The molecule has 3 heterocycles. The molecule has 3 aliphatic heterocycles. The van der Waals surface area contributed by atoms with E-state index in [4.69, 9.17) is 4.74 Å². The normalized spacial score (nSPS) is 35.6. The molecule has 0 radical (unpaired) electrons. The maximum atomic E-state index is 14.5. The Kier molecular flexibility index (Phi) is 7.36. The first-order valence-corrected chi connectivity index (χ1v) is 13.5. The van der Waals surface area contributed by atoms with Gasteiger partial charge >= 0.3 is 5.92 Å². The third-order valence-electron chi connectivity index (χ3n) is 8.81. The van der Waals surface area contributed by atoms with E-state index in [1.54, 1.807) is 38.3 Å². The number of hydrogen-bond acceptors (Lipinski definition) is 8. The van der Waals surface area contributed by atoms with Crippen LogP contribution in [-0.2, 0) is 14.3 Å². The Balaban J connectivity index is 1.24. The van der Waals surface area contributed by atoms with Crippen LogP contribution in [0.25, 0.3) is 0 Å². The first kappa shape index (κ1) is 27.4. The molecule has 0 aromatic carbocycles. The van der Waals surface area contributed by atoms with Gasteiger partial charge < -0.3 is 25.6 Å². The highest BCUT2D eigenvalue weighted by Crippen LogP contribution is 2.74. The van der Waals surface area contributed by atoms with Gasteiger partial charge in [-0.1, -0.05) is 0 Å². The van der Waals surface area contributed by atoms with E-state index in [1.165, 1.54) is 38.0 Å². The van der Waals surface area contributed by atoms with Gasteiger partial charge in [0.25, 0.3) is 11.8 Å². The van der Waals surface area contributed by atoms with E-state index in [0.29, 0.717) is 22.8 Å². The van der Waals surface area contributed by atoms with E-state index in [0.717, 1.165) is 24.4 Å². The number of carbonyl (C=O) groups excluding carboxylic acids is 2. The van der Waals surface area contributed by atoms with Crippen LogP contribution in [0.15, 0.2) is 46.2 Å². The molecule has 2 saturated heterocycles.